The van der Waals surface area contributed by atoms with E-state index in [1.54, 1.807) is 50.2 Å². The number of thioether (sulfide) groups is 1. The number of ether oxygens (including phenoxy) is 2. The molecule has 0 aromatic heterocycles. The van der Waals surface area contributed by atoms with E-state index in [1.165, 1.54) is 11.8 Å². The molecule has 31 heavy (non-hydrogen) atoms. The maximum Gasteiger partial charge on any atom is 0.338 e. The Balaban J connectivity index is 1.93. The highest BCUT2D eigenvalue weighted by Crippen LogP contribution is 2.42. The van der Waals surface area contributed by atoms with Gasteiger partial charge in [0.05, 0.1) is 30.2 Å². The number of phenolic OH excluding ortho intramolecular Hbond substituents is 1. The number of nitrogens with zero attached hydrogens (tertiary/aromatic N) is 2. The van der Waals surface area contributed by atoms with Crippen LogP contribution >= 0.6 is 11.8 Å². The Labute approximate surface area is 184 Å². The molecule has 0 aliphatic rings. The molecule has 0 saturated carbocycles. The van der Waals surface area contributed by atoms with Crippen LogP contribution in [0.5, 0.6) is 5.75 Å². The third kappa shape index (κ3) is 5.61. The first-order valence-corrected chi connectivity index (χ1v) is 10.7. The van der Waals surface area contributed by atoms with Crippen molar-refractivity contribution < 1.29 is 24.2 Å². The lowest BCUT2D eigenvalue weighted by Crippen LogP contribution is -2.06. The van der Waals surface area contributed by atoms with Crippen LogP contribution in [-0.4, -0.2) is 36.0 Å². The fourth-order valence-corrected chi connectivity index (χ4v) is 3.69. The van der Waals surface area contributed by atoms with Crippen molar-refractivity contribution in [3.63, 3.8) is 0 Å². The number of esters is 2. The Morgan fingerprint density at radius 3 is 2.29 bits per heavy atom. The number of carbonyl (C=O) groups excluding carboxylic acids is 2. The van der Waals surface area contributed by atoms with E-state index >= 15 is 0 Å². The first kappa shape index (κ1) is 22.3. The molecule has 0 aliphatic heterocycles. The van der Waals surface area contributed by atoms with E-state index in [0.29, 0.717) is 45.8 Å². The maximum atomic E-state index is 11.8. The highest BCUT2D eigenvalue weighted by molar-refractivity contribution is 8.00. The molecule has 8 heteroatoms. The minimum absolute atomic E-state index is 0.0857. The fraction of sp³-hybridized carbons (Fsp3) is 0.217. The molecule has 3 aromatic carbocycles. The Kier molecular flexibility index (Phi) is 7.61. The van der Waals surface area contributed by atoms with Gasteiger partial charge in [-0.1, -0.05) is 24.3 Å². The molecule has 3 aromatic rings. The van der Waals surface area contributed by atoms with Crippen LogP contribution in [0.3, 0.4) is 0 Å². The second-order valence-corrected chi connectivity index (χ2v) is 7.37. The van der Waals surface area contributed by atoms with Gasteiger partial charge >= 0.3 is 11.9 Å². The number of phenols is 1. The fourth-order valence-electron chi connectivity index (χ4n) is 2.85. The quantitative estimate of drug-likeness (QED) is 0.271. The lowest BCUT2D eigenvalue weighted by molar-refractivity contribution is -0.139. The Bertz CT molecular complexity index is 1110. The predicted molar refractivity (Wildman–Crippen MR) is 120 cm³/mol. The highest BCUT2D eigenvalue weighted by Gasteiger charge is 2.14. The zero-order valence-corrected chi connectivity index (χ0v) is 18.0. The monoisotopic (exact) mass is 438 g/mol. The van der Waals surface area contributed by atoms with Crippen LogP contribution in [0.15, 0.2) is 69.7 Å². The molecule has 160 valence electrons. The molecule has 0 heterocycles. The SMILES string of the molecule is CCOC(=O)CSc1cc(O)c2ccccc2c1N=Nc1ccc(C(=O)OCC)cc1. The molecule has 0 spiro atoms. The van der Waals surface area contributed by atoms with Crippen molar-refractivity contribution in [2.75, 3.05) is 19.0 Å². The van der Waals surface area contributed by atoms with E-state index in [2.05, 4.69) is 10.2 Å². The second-order valence-electron chi connectivity index (χ2n) is 6.35. The van der Waals surface area contributed by atoms with Gasteiger partial charge in [0.1, 0.15) is 11.4 Å². The summed E-state index contributed by atoms with van der Waals surface area (Å²) in [6.45, 7) is 4.11. The zero-order valence-electron chi connectivity index (χ0n) is 17.2. The number of hydrogen-bond donors (Lipinski definition) is 1. The normalized spacial score (nSPS) is 11.0. The van der Waals surface area contributed by atoms with Crippen molar-refractivity contribution >= 4 is 45.8 Å². The number of fused-ring (bicyclic) bond motifs is 1. The van der Waals surface area contributed by atoms with Gasteiger partial charge in [0, 0.05) is 15.7 Å². The van der Waals surface area contributed by atoms with Gasteiger partial charge in [0.25, 0.3) is 0 Å². The molecule has 0 saturated heterocycles. The number of azo groups is 1. The molecule has 1 N–H and O–H groups in total. The minimum atomic E-state index is -0.395. The van der Waals surface area contributed by atoms with Crippen molar-refractivity contribution in [3.05, 3.63) is 60.2 Å². The number of benzene rings is 3. The summed E-state index contributed by atoms with van der Waals surface area (Å²) in [7, 11) is 0. The molecule has 0 amide bonds. The standard InChI is InChI=1S/C23H22N2O5S/c1-3-29-21(27)14-31-20-13-19(26)17-7-5-6-8-18(17)22(20)25-24-16-11-9-15(10-12-16)23(28)30-4-2/h5-13,26H,3-4,14H2,1-2H3. The molecule has 0 unspecified atom stereocenters. The zero-order chi connectivity index (χ0) is 22.2. The van der Waals surface area contributed by atoms with Crippen LogP contribution in [0, 0.1) is 0 Å². The molecule has 0 aliphatic carbocycles. The van der Waals surface area contributed by atoms with Gasteiger partial charge in [-0.15, -0.1) is 16.9 Å². The van der Waals surface area contributed by atoms with Crippen molar-refractivity contribution in [2.24, 2.45) is 10.2 Å². The summed E-state index contributed by atoms with van der Waals surface area (Å²) in [6, 6.07) is 15.4. The maximum absolute atomic E-state index is 11.8. The first-order chi connectivity index (χ1) is 15.0. The molecule has 7 nitrogen and oxygen atoms in total. The van der Waals surface area contributed by atoms with Gasteiger partial charge in [-0.05, 0) is 44.2 Å². The summed E-state index contributed by atoms with van der Waals surface area (Å²) < 4.78 is 9.96. The van der Waals surface area contributed by atoms with Gasteiger partial charge in [-0.25, -0.2) is 4.79 Å². The number of carbonyl (C=O) groups is 2. The minimum Gasteiger partial charge on any atom is -0.507 e. The molecular weight excluding hydrogens is 416 g/mol. The Hall–Kier alpha value is -3.39. The summed E-state index contributed by atoms with van der Waals surface area (Å²) >= 11 is 1.22. The van der Waals surface area contributed by atoms with E-state index in [-0.39, 0.29) is 17.5 Å². The molecule has 0 radical (unpaired) electrons. The molecule has 3 rings (SSSR count). The smallest absolute Gasteiger partial charge is 0.338 e. The van der Waals surface area contributed by atoms with Crippen molar-refractivity contribution in [3.8, 4) is 5.75 Å². The lowest BCUT2D eigenvalue weighted by Gasteiger charge is -2.10. The largest absolute Gasteiger partial charge is 0.507 e. The summed E-state index contributed by atoms with van der Waals surface area (Å²) in [5.74, 6) is -0.562. The third-order valence-electron chi connectivity index (χ3n) is 4.25. The predicted octanol–water partition coefficient (Wildman–Crippen LogP) is 5.79. The van der Waals surface area contributed by atoms with E-state index in [1.807, 2.05) is 18.2 Å². The van der Waals surface area contributed by atoms with Crippen LogP contribution in [0.4, 0.5) is 11.4 Å². The average molecular weight is 439 g/mol. The summed E-state index contributed by atoms with van der Waals surface area (Å²) in [5.41, 5.74) is 1.52. The number of hydrogen-bond acceptors (Lipinski definition) is 8. The highest BCUT2D eigenvalue weighted by atomic mass is 32.2. The molecule has 0 fully saturated rings. The lowest BCUT2D eigenvalue weighted by atomic mass is 10.1. The number of aromatic hydroxyl groups is 1. The third-order valence-corrected chi connectivity index (χ3v) is 5.26. The summed E-state index contributed by atoms with van der Waals surface area (Å²) in [6.07, 6.45) is 0. The van der Waals surface area contributed by atoms with E-state index in [9.17, 15) is 14.7 Å². The van der Waals surface area contributed by atoms with E-state index in [0.717, 1.165) is 0 Å². The van der Waals surface area contributed by atoms with Crippen LogP contribution in [0.25, 0.3) is 10.8 Å². The van der Waals surface area contributed by atoms with Gasteiger partial charge in [-0.2, -0.15) is 5.11 Å². The van der Waals surface area contributed by atoms with Gasteiger partial charge in [-0.3, -0.25) is 4.79 Å². The topological polar surface area (TPSA) is 97.5 Å². The van der Waals surface area contributed by atoms with E-state index < -0.39 is 5.97 Å². The van der Waals surface area contributed by atoms with E-state index in [4.69, 9.17) is 9.47 Å². The first-order valence-electron chi connectivity index (χ1n) is 9.75. The Morgan fingerprint density at radius 2 is 1.61 bits per heavy atom. The van der Waals surface area contributed by atoms with Crippen LogP contribution < -0.4 is 0 Å². The van der Waals surface area contributed by atoms with Gasteiger partial charge in [0.15, 0.2) is 0 Å². The van der Waals surface area contributed by atoms with Gasteiger partial charge in [0.2, 0.25) is 0 Å². The molecule has 0 atom stereocenters. The molecule has 0 bridgehead atoms. The van der Waals surface area contributed by atoms with Crippen molar-refractivity contribution in [1.82, 2.24) is 0 Å². The molecular formula is C23H22N2O5S. The Morgan fingerprint density at radius 1 is 0.935 bits per heavy atom. The second kappa shape index (κ2) is 10.6. The summed E-state index contributed by atoms with van der Waals surface area (Å²) in [4.78, 5) is 24.2. The van der Waals surface area contributed by atoms with Crippen molar-refractivity contribution in [1.29, 1.82) is 0 Å². The number of rotatable bonds is 8. The summed E-state index contributed by atoms with van der Waals surface area (Å²) in [5, 5.41) is 20.4. The van der Waals surface area contributed by atoms with Crippen LogP contribution in [0.2, 0.25) is 0 Å². The van der Waals surface area contributed by atoms with Crippen LogP contribution in [0.1, 0.15) is 24.2 Å². The average Bonchev–Trinajstić information content (AvgIpc) is 2.78. The van der Waals surface area contributed by atoms with Crippen molar-refractivity contribution in [2.45, 2.75) is 18.7 Å². The van der Waals surface area contributed by atoms with Crippen LogP contribution in [-0.2, 0) is 14.3 Å². The van der Waals surface area contributed by atoms with Gasteiger partial charge < -0.3 is 14.6 Å².